The summed E-state index contributed by atoms with van der Waals surface area (Å²) in [6, 6.07) is 7.55. The van der Waals surface area contributed by atoms with Crippen LogP contribution in [0, 0.1) is 17.2 Å². The second-order valence-electron chi connectivity index (χ2n) is 7.08. The fraction of sp³-hybridized carbons (Fsp3) is 0.647. The molecule has 1 aromatic rings. The molecule has 21 heavy (non-hydrogen) atoms. The van der Waals surface area contributed by atoms with Crippen LogP contribution in [0.5, 0.6) is 0 Å². The van der Waals surface area contributed by atoms with E-state index in [1.807, 2.05) is 6.07 Å². The third-order valence-electron chi connectivity index (χ3n) is 4.89. The zero-order chi connectivity index (χ0) is 14.2. The molecular weight excluding hydrogens is 287 g/mol. The Hall–Kier alpha value is -0.640. The van der Waals surface area contributed by atoms with E-state index in [0.717, 1.165) is 38.2 Å². The molecule has 1 N–H and O–H groups in total. The summed E-state index contributed by atoms with van der Waals surface area (Å²) >= 11 is 0. The molecule has 2 saturated heterocycles. The minimum absolute atomic E-state index is 0. The number of nitrogens with one attached hydrogen (secondary N) is 1. The van der Waals surface area contributed by atoms with Gasteiger partial charge in [0.25, 0.3) is 0 Å². The monoisotopic (exact) mass is 312 g/mol. The highest BCUT2D eigenvalue weighted by molar-refractivity contribution is 5.85. The number of halogens is 2. The van der Waals surface area contributed by atoms with Gasteiger partial charge in [-0.25, -0.2) is 4.39 Å². The Kier molecular flexibility index (Phi) is 5.29. The van der Waals surface area contributed by atoms with Gasteiger partial charge in [-0.15, -0.1) is 12.4 Å². The third kappa shape index (κ3) is 3.77. The lowest BCUT2D eigenvalue weighted by atomic mass is 9.88. The number of rotatable bonds is 3. The standard InChI is InChI=1S/C17H25FN2.ClH/c1-13-8-16(14-4-3-5-15(18)9-14)20(10-13)12-17(2)6-7-19-11-17;/h3-5,9,13,16,19H,6-8,10-12H2,1-2H3;1H. The van der Waals surface area contributed by atoms with E-state index in [4.69, 9.17) is 0 Å². The van der Waals surface area contributed by atoms with Crippen LogP contribution in [-0.4, -0.2) is 31.1 Å². The number of nitrogens with zero attached hydrogens (tertiary/aromatic N) is 1. The minimum Gasteiger partial charge on any atom is -0.316 e. The second kappa shape index (κ2) is 6.64. The fourth-order valence-corrected chi connectivity index (χ4v) is 3.86. The van der Waals surface area contributed by atoms with Crippen molar-refractivity contribution in [1.82, 2.24) is 10.2 Å². The summed E-state index contributed by atoms with van der Waals surface area (Å²) in [5.74, 6) is 0.581. The summed E-state index contributed by atoms with van der Waals surface area (Å²) in [7, 11) is 0. The Morgan fingerprint density at radius 1 is 1.43 bits per heavy atom. The van der Waals surface area contributed by atoms with Gasteiger partial charge in [0.15, 0.2) is 0 Å². The molecule has 2 aliphatic heterocycles. The SMILES string of the molecule is CC1CC(c2cccc(F)c2)N(CC2(C)CCNC2)C1.Cl. The predicted molar refractivity (Wildman–Crippen MR) is 87.3 cm³/mol. The average molecular weight is 313 g/mol. The first-order chi connectivity index (χ1) is 9.56. The molecule has 3 rings (SSSR count). The quantitative estimate of drug-likeness (QED) is 0.917. The van der Waals surface area contributed by atoms with Gasteiger partial charge in [0, 0.05) is 25.7 Å². The summed E-state index contributed by atoms with van der Waals surface area (Å²) in [6.07, 6.45) is 2.39. The first kappa shape index (κ1) is 16.7. The van der Waals surface area contributed by atoms with Gasteiger partial charge in [0.05, 0.1) is 0 Å². The zero-order valence-corrected chi connectivity index (χ0v) is 13.8. The van der Waals surface area contributed by atoms with Crippen LogP contribution < -0.4 is 5.32 Å². The Balaban J connectivity index is 0.00000161. The van der Waals surface area contributed by atoms with Gasteiger partial charge in [-0.2, -0.15) is 0 Å². The molecule has 0 radical (unpaired) electrons. The van der Waals surface area contributed by atoms with Crippen LogP contribution in [0.1, 0.15) is 38.3 Å². The molecule has 0 bridgehead atoms. The molecule has 3 atom stereocenters. The largest absolute Gasteiger partial charge is 0.316 e. The molecule has 2 fully saturated rings. The molecule has 118 valence electrons. The molecule has 0 aliphatic carbocycles. The maximum absolute atomic E-state index is 13.5. The number of hydrogen-bond acceptors (Lipinski definition) is 2. The van der Waals surface area contributed by atoms with Crippen LogP contribution in [0.3, 0.4) is 0 Å². The van der Waals surface area contributed by atoms with E-state index in [1.165, 1.54) is 12.5 Å². The highest BCUT2D eigenvalue weighted by Crippen LogP contribution is 2.38. The van der Waals surface area contributed by atoms with Gasteiger partial charge in [-0.1, -0.05) is 26.0 Å². The highest BCUT2D eigenvalue weighted by atomic mass is 35.5. The maximum atomic E-state index is 13.5. The van der Waals surface area contributed by atoms with E-state index in [0.29, 0.717) is 17.4 Å². The van der Waals surface area contributed by atoms with Crippen molar-refractivity contribution in [1.29, 1.82) is 0 Å². The highest BCUT2D eigenvalue weighted by Gasteiger charge is 2.37. The van der Waals surface area contributed by atoms with Crippen molar-refractivity contribution < 1.29 is 4.39 Å². The van der Waals surface area contributed by atoms with E-state index in [-0.39, 0.29) is 18.2 Å². The zero-order valence-electron chi connectivity index (χ0n) is 12.9. The summed E-state index contributed by atoms with van der Waals surface area (Å²) in [4.78, 5) is 2.58. The Labute approximate surface area is 133 Å². The number of likely N-dealkylation sites (tertiary alicyclic amines) is 1. The molecule has 3 unspecified atom stereocenters. The predicted octanol–water partition coefficient (Wildman–Crippen LogP) is 3.63. The van der Waals surface area contributed by atoms with E-state index in [2.05, 4.69) is 30.1 Å². The van der Waals surface area contributed by atoms with Crippen molar-refractivity contribution in [3.63, 3.8) is 0 Å². The molecule has 2 aliphatic rings. The lowest BCUT2D eigenvalue weighted by molar-refractivity contribution is 0.163. The summed E-state index contributed by atoms with van der Waals surface area (Å²) < 4.78 is 13.5. The van der Waals surface area contributed by atoms with Gasteiger partial charge in [-0.05, 0) is 48.4 Å². The third-order valence-corrected chi connectivity index (χ3v) is 4.89. The van der Waals surface area contributed by atoms with Crippen molar-refractivity contribution in [2.45, 2.75) is 32.7 Å². The Morgan fingerprint density at radius 2 is 2.24 bits per heavy atom. The molecule has 1 aromatic carbocycles. The van der Waals surface area contributed by atoms with E-state index in [9.17, 15) is 4.39 Å². The number of hydrogen-bond donors (Lipinski definition) is 1. The van der Waals surface area contributed by atoms with Gasteiger partial charge < -0.3 is 5.32 Å². The molecular formula is C17H26ClFN2. The summed E-state index contributed by atoms with van der Waals surface area (Å²) in [5, 5.41) is 3.48. The molecule has 2 heterocycles. The summed E-state index contributed by atoms with van der Waals surface area (Å²) in [6.45, 7) is 9.17. The lowest BCUT2D eigenvalue weighted by Crippen LogP contribution is -2.37. The lowest BCUT2D eigenvalue weighted by Gasteiger charge is -2.33. The van der Waals surface area contributed by atoms with Crippen molar-refractivity contribution >= 4 is 12.4 Å². The van der Waals surface area contributed by atoms with Crippen LogP contribution in [0.15, 0.2) is 24.3 Å². The van der Waals surface area contributed by atoms with Crippen LogP contribution in [-0.2, 0) is 0 Å². The van der Waals surface area contributed by atoms with E-state index in [1.54, 1.807) is 6.07 Å². The maximum Gasteiger partial charge on any atom is 0.123 e. The fourth-order valence-electron chi connectivity index (χ4n) is 3.86. The van der Waals surface area contributed by atoms with Crippen LogP contribution in [0.25, 0.3) is 0 Å². The van der Waals surface area contributed by atoms with Crippen LogP contribution in [0.4, 0.5) is 4.39 Å². The smallest absolute Gasteiger partial charge is 0.123 e. The first-order valence-corrected chi connectivity index (χ1v) is 7.76. The Bertz CT molecular complexity index is 474. The topological polar surface area (TPSA) is 15.3 Å². The molecule has 0 spiro atoms. The molecule has 4 heteroatoms. The van der Waals surface area contributed by atoms with Gasteiger partial charge in [0.1, 0.15) is 5.82 Å². The summed E-state index contributed by atoms with van der Waals surface area (Å²) in [5.41, 5.74) is 1.51. The van der Waals surface area contributed by atoms with Crippen molar-refractivity contribution in [3.8, 4) is 0 Å². The second-order valence-corrected chi connectivity index (χ2v) is 7.08. The van der Waals surface area contributed by atoms with E-state index >= 15 is 0 Å². The Morgan fingerprint density at radius 3 is 2.90 bits per heavy atom. The van der Waals surface area contributed by atoms with Crippen LogP contribution >= 0.6 is 12.4 Å². The minimum atomic E-state index is -0.115. The first-order valence-electron chi connectivity index (χ1n) is 7.76. The van der Waals surface area contributed by atoms with Crippen molar-refractivity contribution in [3.05, 3.63) is 35.6 Å². The van der Waals surface area contributed by atoms with Crippen molar-refractivity contribution in [2.75, 3.05) is 26.2 Å². The number of benzene rings is 1. The molecule has 0 amide bonds. The van der Waals surface area contributed by atoms with E-state index < -0.39 is 0 Å². The van der Waals surface area contributed by atoms with Crippen molar-refractivity contribution in [2.24, 2.45) is 11.3 Å². The van der Waals surface area contributed by atoms with Gasteiger partial charge in [0.2, 0.25) is 0 Å². The average Bonchev–Trinajstić information content (AvgIpc) is 2.96. The van der Waals surface area contributed by atoms with Gasteiger partial charge in [-0.3, -0.25) is 4.90 Å². The molecule has 0 saturated carbocycles. The molecule has 2 nitrogen and oxygen atoms in total. The molecule has 0 aromatic heterocycles. The van der Waals surface area contributed by atoms with Crippen LogP contribution in [0.2, 0.25) is 0 Å². The van der Waals surface area contributed by atoms with Gasteiger partial charge >= 0.3 is 0 Å². The normalized spacial score (nSPS) is 33.1.